The van der Waals surface area contributed by atoms with Crippen LogP contribution in [0.5, 0.6) is 0 Å². The number of aryl methyl sites for hydroxylation is 1. The number of carbonyl (C=O) groups is 3. The molecule has 2 aromatic carbocycles. The molecule has 0 saturated carbocycles. The third-order valence-electron chi connectivity index (χ3n) is 5.96. The summed E-state index contributed by atoms with van der Waals surface area (Å²) < 4.78 is 6.95. The summed E-state index contributed by atoms with van der Waals surface area (Å²) in [4.78, 5) is 44.4. The van der Waals surface area contributed by atoms with Crippen molar-refractivity contribution < 1.29 is 19.1 Å². The molecule has 0 radical (unpaired) electrons. The zero-order valence-corrected chi connectivity index (χ0v) is 21.8. The number of carbonyl (C=O) groups excluding carboxylic acids is 3. The third-order valence-corrected chi connectivity index (χ3v) is 5.96. The molecule has 0 aliphatic rings. The number of aromatic nitrogens is 2. The summed E-state index contributed by atoms with van der Waals surface area (Å²) in [6, 6.07) is 15.6. The maximum absolute atomic E-state index is 13.3. The van der Waals surface area contributed by atoms with E-state index in [2.05, 4.69) is 4.98 Å². The fraction of sp³-hybridized carbons (Fsp3) is 0.179. The Morgan fingerprint density at radius 2 is 1.82 bits per heavy atom. The first-order chi connectivity index (χ1) is 17.8. The molecule has 10 heteroatoms. The van der Waals surface area contributed by atoms with Crippen molar-refractivity contribution >= 4 is 52.5 Å². The first kappa shape index (κ1) is 28.1. The van der Waals surface area contributed by atoms with Crippen LogP contribution in [0.2, 0.25) is 0 Å². The molecule has 2 heterocycles. The van der Waals surface area contributed by atoms with Crippen molar-refractivity contribution in [3.63, 3.8) is 0 Å². The van der Waals surface area contributed by atoms with Crippen molar-refractivity contribution in [1.29, 1.82) is 5.41 Å². The summed E-state index contributed by atoms with van der Waals surface area (Å²) in [5, 5.41) is 8.19. The minimum Gasteiger partial charge on any atom is -0.465 e. The van der Waals surface area contributed by atoms with Crippen LogP contribution in [0.3, 0.4) is 0 Å². The molecule has 196 valence electrons. The lowest BCUT2D eigenvalue weighted by molar-refractivity contribution is -0.141. The molecule has 0 bridgehead atoms. The molecule has 1 amide bonds. The molecule has 9 nitrogen and oxygen atoms in total. The van der Waals surface area contributed by atoms with E-state index in [4.69, 9.17) is 15.9 Å². The molecular weight excluding hydrogens is 506 g/mol. The predicted molar refractivity (Wildman–Crippen MR) is 148 cm³/mol. The molecule has 4 rings (SSSR count). The number of anilines is 1. The minimum absolute atomic E-state index is 0. The summed E-state index contributed by atoms with van der Waals surface area (Å²) >= 11 is 0. The maximum atomic E-state index is 13.3. The Hall–Kier alpha value is -4.50. The lowest BCUT2D eigenvalue weighted by Gasteiger charge is -2.22. The van der Waals surface area contributed by atoms with Gasteiger partial charge in [-0.2, -0.15) is 0 Å². The number of esters is 1. The standard InChI is InChI=1S/C28H27N5O4.ClH/c1-3-37-26(35)17-33(28(36)20-5-4-12-31-15-20)21-10-11-24-22(14-21)23(16-32(24)2)25(34)13-18-6-8-19(9-7-18)27(29)30;/h4-12,14-16H,3,13,17H2,1-2H3,(H3,29,30);1H. The van der Waals surface area contributed by atoms with Crippen molar-refractivity contribution in [1.82, 2.24) is 9.55 Å². The number of nitrogens with two attached hydrogens (primary N) is 1. The van der Waals surface area contributed by atoms with Gasteiger partial charge in [-0.15, -0.1) is 12.4 Å². The second-order valence-electron chi connectivity index (χ2n) is 8.50. The number of benzene rings is 2. The topological polar surface area (TPSA) is 131 Å². The van der Waals surface area contributed by atoms with Gasteiger partial charge in [-0.3, -0.25) is 29.7 Å². The number of nitrogen functional groups attached to an aromatic ring is 1. The van der Waals surface area contributed by atoms with E-state index in [1.807, 2.05) is 17.7 Å². The molecule has 0 atom stereocenters. The average Bonchev–Trinajstić information content (AvgIpc) is 3.23. The van der Waals surface area contributed by atoms with Gasteiger partial charge in [-0.1, -0.05) is 24.3 Å². The van der Waals surface area contributed by atoms with Crippen molar-refractivity contribution in [2.45, 2.75) is 13.3 Å². The molecule has 3 N–H and O–H groups in total. The van der Waals surface area contributed by atoms with E-state index < -0.39 is 11.9 Å². The van der Waals surface area contributed by atoms with Gasteiger partial charge in [-0.05, 0) is 42.8 Å². The Kier molecular flexibility index (Phi) is 8.98. The van der Waals surface area contributed by atoms with Gasteiger partial charge >= 0.3 is 5.97 Å². The fourth-order valence-corrected chi connectivity index (χ4v) is 4.11. The minimum atomic E-state index is -0.543. The highest BCUT2D eigenvalue weighted by Gasteiger charge is 2.23. The Morgan fingerprint density at radius 1 is 1.08 bits per heavy atom. The molecule has 2 aromatic heterocycles. The number of hydrogen-bond acceptors (Lipinski definition) is 6. The van der Waals surface area contributed by atoms with Crippen LogP contribution in [0.4, 0.5) is 5.69 Å². The number of rotatable bonds is 9. The van der Waals surface area contributed by atoms with Gasteiger partial charge in [0.15, 0.2) is 5.78 Å². The Labute approximate surface area is 226 Å². The third kappa shape index (κ3) is 6.07. The SMILES string of the molecule is CCOC(=O)CN(C(=O)c1cccnc1)c1ccc2c(c1)c(C(=O)Cc1ccc(C(=N)N)cc1)cn2C.Cl. The lowest BCUT2D eigenvalue weighted by atomic mass is 10.0. The van der Waals surface area contributed by atoms with Crippen molar-refractivity contribution in [2.75, 3.05) is 18.1 Å². The van der Waals surface area contributed by atoms with Gasteiger partial charge in [-0.25, -0.2) is 0 Å². The Morgan fingerprint density at radius 3 is 2.45 bits per heavy atom. The van der Waals surface area contributed by atoms with E-state index in [9.17, 15) is 14.4 Å². The number of amides is 1. The van der Waals surface area contributed by atoms with Gasteiger partial charge in [0.05, 0.1) is 12.2 Å². The quantitative estimate of drug-likeness (QED) is 0.145. The Bertz CT molecular complexity index is 1480. The van der Waals surface area contributed by atoms with Crippen LogP contribution in [0.25, 0.3) is 10.9 Å². The highest BCUT2D eigenvalue weighted by Crippen LogP contribution is 2.28. The zero-order chi connectivity index (χ0) is 26.5. The van der Waals surface area contributed by atoms with Crippen LogP contribution in [0, 0.1) is 5.41 Å². The highest BCUT2D eigenvalue weighted by molar-refractivity contribution is 6.12. The molecule has 0 aliphatic carbocycles. The number of amidine groups is 1. The summed E-state index contributed by atoms with van der Waals surface area (Å²) in [6.07, 6.45) is 4.92. The number of fused-ring (bicyclic) bond motifs is 1. The summed E-state index contributed by atoms with van der Waals surface area (Å²) in [5.74, 6) is -1.09. The van der Waals surface area contributed by atoms with E-state index in [-0.39, 0.29) is 43.6 Å². The first-order valence-electron chi connectivity index (χ1n) is 11.7. The summed E-state index contributed by atoms with van der Waals surface area (Å²) in [5.41, 5.74) is 8.99. The second-order valence-corrected chi connectivity index (χ2v) is 8.50. The van der Waals surface area contributed by atoms with Crippen LogP contribution in [-0.2, 0) is 23.0 Å². The normalized spacial score (nSPS) is 10.5. The van der Waals surface area contributed by atoms with Crippen LogP contribution in [-0.4, -0.2) is 46.2 Å². The van der Waals surface area contributed by atoms with E-state index in [0.29, 0.717) is 27.8 Å². The van der Waals surface area contributed by atoms with Crippen molar-refractivity contribution in [2.24, 2.45) is 12.8 Å². The predicted octanol–water partition coefficient (Wildman–Crippen LogP) is 3.91. The van der Waals surface area contributed by atoms with Gasteiger partial charge in [0.1, 0.15) is 12.4 Å². The molecule has 0 fully saturated rings. The summed E-state index contributed by atoms with van der Waals surface area (Å²) in [7, 11) is 1.84. The zero-order valence-electron chi connectivity index (χ0n) is 21.0. The van der Waals surface area contributed by atoms with E-state index in [1.54, 1.807) is 67.8 Å². The van der Waals surface area contributed by atoms with Gasteiger partial charge in [0.25, 0.3) is 5.91 Å². The second kappa shape index (κ2) is 12.2. The summed E-state index contributed by atoms with van der Waals surface area (Å²) in [6.45, 7) is 1.61. The van der Waals surface area contributed by atoms with Crippen molar-refractivity contribution in [3.8, 4) is 0 Å². The number of hydrogen-bond donors (Lipinski definition) is 2. The molecule has 0 unspecified atom stereocenters. The highest BCUT2D eigenvalue weighted by atomic mass is 35.5. The van der Waals surface area contributed by atoms with Gasteiger partial charge in [0.2, 0.25) is 0 Å². The average molecular weight is 534 g/mol. The van der Waals surface area contributed by atoms with Crippen LogP contribution in [0.1, 0.15) is 38.8 Å². The van der Waals surface area contributed by atoms with Crippen molar-refractivity contribution in [3.05, 3.63) is 95.4 Å². The molecular formula is C28H28ClN5O4. The van der Waals surface area contributed by atoms with Crippen LogP contribution >= 0.6 is 12.4 Å². The van der Waals surface area contributed by atoms with E-state index in [0.717, 1.165) is 11.1 Å². The van der Waals surface area contributed by atoms with Crippen LogP contribution in [0.15, 0.2) is 73.2 Å². The monoisotopic (exact) mass is 533 g/mol. The first-order valence-corrected chi connectivity index (χ1v) is 11.7. The number of pyridine rings is 1. The number of nitrogens with one attached hydrogen (secondary N) is 1. The van der Waals surface area contributed by atoms with Gasteiger partial charge in [0, 0.05) is 59.8 Å². The van der Waals surface area contributed by atoms with Gasteiger partial charge < -0.3 is 15.0 Å². The molecule has 0 aliphatic heterocycles. The van der Waals surface area contributed by atoms with E-state index in [1.165, 1.54) is 11.1 Å². The molecule has 0 spiro atoms. The number of halogens is 1. The number of Topliss-reactive ketones (excluding diaryl/α,β-unsaturated/α-hetero) is 1. The number of ketones is 1. The molecule has 0 saturated heterocycles. The number of ether oxygens (including phenoxy) is 1. The molecule has 4 aromatic rings. The molecule has 38 heavy (non-hydrogen) atoms. The lowest BCUT2D eigenvalue weighted by Crippen LogP contribution is -2.36. The van der Waals surface area contributed by atoms with E-state index >= 15 is 0 Å². The Balaban J connectivity index is 0.00000400. The fourth-order valence-electron chi connectivity index (χ4n) is 4.11. The smallest absolute Gasteiger partial charge is 0.326 e. The largest absolute Gasteiger partial charge is 0.465 e. The maximum Gasteiger partial charge on any atom is 0.326 e. The number of nitrogens with zero attached hydrogens (tertiary/aromatic N) is 3. The van der Waals surface area contributed by atoms with Crippen LogP contribution < -0.4 is 10.6 Å².